The molecule has 0 bridgehead atoms. The summed E-state index contributed by atoms with van der Waals surface area (Å²) in [5, 5.41) is 12.2. The van der Waals surface area contributed by atoms with Crippen LogP contribution in [0.1, 0.15) is 20.3 Å². The average Bonchev–Trinajstić information content (AvgIpc) is 2.35. The van der Waals surface area contributed by atoms with E-state index in [1.807, 2.05) is 0 Å². The molecule has 21 heavy (non-hydrogen) atoms. The Morgan fingerprint density at radius 2 is 1.81 bits per heavy atom. The maximum Gasteiger partial charge on any atom is 0.322 e. The van der Waals surface area contributed by atoms with Gasteiger partial charge in [-0.1, -0.05) is 34.8 Å². The Balaban J connectivity index is 2.88. The third-order valence-corrected chi connectivity index (χ3v) is 3.89. The maximum absolute atomic E-state index is 12.2. The van der Waals surface area contributed by atoms with Gasteiger partial charge in [-0.25, -0.2) is 4.79 Å². The molecule has 0 spiro atoms. The molecule has 0 radical (unpaired) electrons. The summed E-state index contributed by atoms with van der Waals surface area (Å²) in [6.45, 7) is 3.78. The van der Waals surface area contributed by atoms with E-state index in [0.717, 1.165) is 0 Å². The first-order chi connectivity index (χ1) is 9.76. The van der Waals surface area contributed by atoms with Crippen LogP contribution in [0.4, 0.5) is 10.5 Å². The lowest BCUT2D eigenvalue weighted by Crippen LogP contribution is -2.42. The van der Waals surface area contributed by atoms with Gasteiger partial charge in [-0.2, -0.15) is 0 Å². The lowest BCUT2D eigenvalue weighted by molar-refractivity contribution is -0.137. The van der Waals surface area contributed by atoms with Crippen LogP contribution in [0.2, 0.25) is 15.1 Å². The van der Waals surface area contributed by atoms with Crippen LogP contribution in [0.25, 0.3) is 0 Å². The van der Waals surface area contributed by atoms with E-state index in [9.17, 15) is 9.59 Å². The number of halogens is 3. The number of rotatable bonds is 5. The zero-order valence-electron chi connectivity index (χ0n) is 11.5. The number of carboxylic acid groups (broad SMARTS) is 1. The number of hydrogen-bond acceptors (Lipinski definition) is 2. The number of nitrogens with one attached hydrogen (secondary N) is 1. The van der Waals surface area contributed by atoms with Crippen molar-refractivity contribution in [2.45, 2.75) is 26.3 Å². The number of carbonyl (C=O) groups is 2. The molecule has 0 heterocycles. The third-order valence-electron chi connectivity index (χ3n) is 2.86. The van der Waals surface area contributed by atoms with Gasteiger partial charge in [-0.15, -0.1) is 0 Å². The minimum absolute atomic E-state index is 0.142. The molecule has 0 saturated heterocycles. The van der Waals surface area contributed by atoms with Crippen molar-refractivity contribution in [2.75, 3.05) is 11.9 Å². The molecule has 2 N–H and O–H groups in total. The van der Waals surface area contributed by atoms with Crippen molar-refractivity contribution in [3.05, 3.63) is 27.2 Å². The molecule has 0 fully saturated rings. The van der Waals surface area contributed by atoms with E-state index in [2.05, 4.69) is 5.32 Å². The number of anilines is 1. The fraction of sp³-hybridized carbons (Fsp3) is 0.385. The van der Waals surface area contributed by atoms with Gasteiger partial charge in [0.15, 0.2) is 0 Å². The summed E-state index contributed by atoms with van der Waals surface area (Å²) in [6.07, 6.45) is -0.142. The van der Waals surface area contributed by atoms with E-state index in [1.165, 1.54) is 17.0 Å². The smallest absolute Gasteiger partial charge is 0.322 e. The minimum atomic E-state index is -0.971. The summed E-state index contributed by atoms with van der Waals surface area (Å²) in [7, 11) is 0. The Morgan fingerprint density at radius 3 is 2.33 bits per heavy atom. The highest BCUT2D eigenvalue weighted by Crippen LogP contribution is 2.32. The minimum Gasteiger partial charge on any atom is -0.481 e. The molecule has 0 saturated carbocycles. The number of benzene rings is 1. The summed E-state index contributed by atoms with van der Waals surface area (Å²) >= 11 is 17.7. The number of aliphatic carboxylic acids is 1. The van der Waals surface area contributed by atoms with Crippen LogP contribution in [0, 0.1) is 0 Å². The normalized spacial score (nSPS) is 11.9. The van der Waals surface area contributed by atoms with Gasteiger partial charge >= 0.3 is 12.0 Å². The quantitative estimate of drug-likeness (QED) is 0.773. The van der Waals surface area contributed by atoms with Crippen LogP contribution < -0.4 is 5.32 Å². The van der Waals surface area contributed by atoms with Crippen molar-refractivity contribution in [1.29, 1.82) is 0 Å². The SMILES string of the molecule is CCN(C(=O)Nc1cc(Cl)c(Cl)cc1Cl)C(C)CC(=O)O. The topological polar surface area (TPSA) is 69.6 Å². The molecule has 0 aliphatic heterocycles. The molecule has 2 amide bonds. The molecule has 1 atom stereocenters. The van der Waals surface area contributed by atoms with Crippen LogP contribution >= 0.6 is 34.8 Å². The monoisotopic (exact) mass is 352 g/mol. The van der Waals surface area contributed by atoms with E-state index in [1.54, 1.807) is 13.8 Å². The molecule has 5 nitrogen and oxygen atoms in total. The molecule has 1 unspecified atom stereocenters. The number of carbonyl (C=O) groups excluding carboxylic acids is 1. The Labute approximate surface area is 137 Å². The first-order valence-corrected chi connectivity index (χ1v) is 7.33. The second-order valence-electron chi connectivity index (χ2n) is 4.41. The van der Waals surface area contributed by atoms with Gasteiger partial charge in [0.05, 0.1) is 27.2 Å². The largest absolute Gasteiger partial charge is 0.481 e. The van der Waals surface area contributed by atoms with E-state index in [0.29, 0.717) is 12.2 Å². The Morgan fingerprint density at radius 1 is 1.24 bits per heavy atom. The Bertz CT molecular complexity index is 552. The van der Waals surface area contributed by atoms with Gasteiger partial charge in [0.25, 0.3) is 0 Å². The van der Waals surface area contributed by atoms with Gasteiger partial charge in [-0.05, 0) is 26.0 Å². The molecule has 1 aromatic rings. The van der Waals surface area contributed by atoms with Gasteiger partial charge in [0, 0.05) is 12.6 Å². The van der Waals surface area contributed by atoms with Gasteiger partial charge in [-0.3, -0.25) is 4.79 Å². The Kier molecular flexibility index (Phi) is 6.58. The summed E-state index contributed by atoms with van der Waals surface area (Å²) in [5.41, 5.74) is 0.317. The summed E-state index contributed by atoms with van der Waals surface area (Å²) in [6, 6.07) is 1.97. The van der Waals surface area contributed by atoms with Gasteiger partial charge < -0.3 is 15.3 Å². The average molecular weight is 354 g/mol. The lowest BCUT2D eigenvalue weighted by Gasteiger charge is -2.27. The van der Waals surface area contributed by atoms with Gasteiger partial charge in [0.2, 0.25) is 0 Å². The molecule has 1 aromatic carbocycles. The summed E-state index contributed by atoms with van der Waals surface area (Å²) < 4.78 is 0. The van der Waals surface area contributed by atoms with E-state index >= 15 is 0 Å². The number of carboxylic acids is 1. The van der Waals surface area contributed by atoms with Crippen LogP contribution in [-0.4, -0.2) is 34.6 Å². The second kappa shape index (κ2) is 7.73. The number of nitrogens with zero attached hydrogens (tertiary/aromatic N) is 1. The Hall–Kier alpha value is -1.17. The highest BCUT2D eigenvalue weighted by atomic mass is 35.5. The molecule has 0 aromatic heterocycles. The van der Waals surface area contributed by atoms with Crippen LogP contribution in [0.15, 0.2) is 12.1 Å². The third kappa shape index (κ3) is 4.95. The predicted molar refractivity (Wildman–Crippen MR) is 84.6 cm³/mol. The van der Waals surface area contributed by atoms with Crippen molar-refractivity contribution in [1.82, 2.24) is 4.90 Å². The first kappa shape index (κ1) is 17.9. The van der Waals surface area contributed by atoms with Gasteiger partial charge in [0.1, 0.15) is 0 Å². The maximum atomic E-state index is 12.2. The summed E-state index contributed by atoms with van der Waals surface area (Å²) in [4.78, 5) is 24.3. The molecule has 0 aliphatic carbocycles. The zero-order chi connectivity index (χ0) is 16.2. The van der Waals surface area contributed by atoms with Crippen molar-refractivity contribution >= 4 is 52.5 Å². The van der Waals surface area contributed by atoms with Crippen molar-refractivity contribution < 1.29 is 14.7 Å². The van der Waals surface area contributed by atoms with E-state index < -0.39 is 18.0 Å². The van der Waals surface area contributed by atoms with Crippen LogP contribution in [0.5, 0.6) is 0 Å². The van der Waals surface area contributed by atoms with Crippen molar-refractivity contribution in [2.24, 2.45) is 0 Å². The molecular weight excluding hydrogens is 339 g/mol. The lowest BCUT2D eigenvalue weighted by atomic mass is 10.2. The standard InChI is InChI=1S/C13H15Cl3N2O3/c1-3-18(7(2)4-12(19)20)13(21)17-11-6-9(15)8(14)5-10(11)16/h5-7H,3-4H2,1-2H3,(H,17,21)(H,19,20). The van der Waals surface area contributed by atoms with Crippen molar-refractivity contribution in [3.63, 3.8) is 0 Å². The second-order valence-corrected chi connectivity index (χ2v) is 5.63. The summed E-state index contributed by atoms with van der Waals surface area (Å²) in [5.74, 6) is -0.971. The van der Waals surface area contributed by atoms with Crippen LogP contribution in [0.3, 0.4) is 0 Å². The van der Waals surface area contributed by atoms with E-state index in [4.69, 9.17) is 39.9 Å². The highest BCUT2D eigenvalue weighted by molar-refractivity contribution is 6.44. The highest BCUT2D eigenvalue weighted by Gasteiger charge is 2.21. The number of amides is 2. The zero-order valence-corrected chi connectivity index (χ0v) is 13.8. The molecule has 0 aliphatic rings. The number of hydrogen-bond donors (Lipinski definition) is 2. The fourth-order valence-corrected chi connectivity index (χ4v) is 2.42. The first-order valence-electron chi connectivity index (χ1n) is 6.20. The molecule has 1 rings (SSSR count). The predicted octanol–water partition coefficient (Wildman–Crippen LogP) is 4.36. The van der Waals surface area contributed by atoms with Crippen molar-refractivity contribution in [3.8, 4) is 0 Å². The number of urea groups is 1. The molecular formula is C13H15Cl3N2O3. The fourth-order valence-electron chi connectivity index (χ4n) is 1.82. The van der Waals surface area contributed by atoms with E-state index in [-0.39, 0.29) is 21.5 Å². The molecule has 116 valence electrons. The molecule has 8 heteroatoms. The van der Waals surface area contributed by atoms with Crippen LogP contribution in [-0.2, 0) is 4.79 Å².